The molecule has 10 heteroatoms. The fourth-order valence-electron chi connectivity index (χ4n) is 4.33. The van der Waals surface area contributed by atoms with E-state index in [-0.39, 0.29) is 35.6 Å². The summed E-state index contributed by atoms with van der Waals surface area (Å²) in [5.74, 6) is -2.03. The number of hydrogen-bond donors (Lipinski definition) is 3. The van der Waals surface area contributed by atoms with Crippen LogP contribution >= 0.6 is 0 Å². The Bertz CT molecular complexity index is 1020. The van der Waals surface area contributed by atoms with Gasteiger partial charge in [-0.25, -0.2) is 4.79 Å². The second kappa shape index (κ2) is 12.0. The van der Waals surface area contributed by atoms with Crippen LogP contribution in [0.15, 0.2) is 18.2 Å². The summed E-state index contributed by atoms with van der Waals surface area (Å²) in [6.45, 7) is 6.77. The highest BCUT2D eigenvalue weighted by Gasteiger charge is 2.45. The standard InChI is InChI=1S/C26H36N4O6/c1-26(2,3)29-25(35)36-16-9-7-5-4-6-8-15-27-18-12-10-11-17-21(18)24(34)30(23(17)33)19-13-14-20(31)28-22(19)32/h10-12,19,27H,4-9,13-16H2,1-3H3,(H,29,35)(H,28,31,32). The van der Waals surface area contributed by atoms with E-state index in [1.54, 1.807) is 18.2 Å². The minimum absolute atomic E-state index is 0.0917. The minimum Gasteiger partial charge on any atom is -0.450 e. The highest BCUT2D eigenvalue weighted by molar-refractivity contribution is 6.25. The van der Waals surface area contributed by atoms with Gasteiger partial charge < -0.3 is 15.4 Å². The molecule has 2 aliphatic rings. The number of unbranched alkanes of at least 4 members (excludes halogenated alkanes) is 5. The Balaban J connectivity index is 1.38. The number of nitrogens with zero attached hydrogens (tertiary/aromatic N) is 1. The van der Waals surface area contributed by atoms with Gasteiger partial charge in [0.25, 0.3) is 11.8 Å². The molecule has 0 radical (unpaired) electrons. The first-order chi connectivity index (χ1) is 17.1. The van der Waals surface area contributed by atoms with E-state index in [1.807, 2.05) is 20.8 Å². The van der Waals surface area contributed by atoms with E-state index in [0.717, 1.165) is 43.4 Å². The summed E-state index contributed by atoms with van der Waals surface area (Å²) in [4.78, 5) is 62.2. The van der Waals surface area contributed by atoms with Gasteiger partial charge in [-0.2, -0.15) is 0 Å². The van der Waals surface area contributed by atoms with Gasteiger partial charge in [-0.05, 0) is 52.2 Å². The van der Waals surface area contributed by atoms with Crippen molar-refractivity contribution in [1.29, 1.82) is 0 Å². The molecule has 2 heterocycles. The summed E-state index contributed by atoms with van der Waals surface area (Å²) < 4.78 is 5.17. The number of benzene rings is 1. The number of carbonyl (C=O) groups excluding carboxylic acids is 5. The van der Waals surface area contributed by atoms with Crippen molar-refractivity contribution in [2.24, 2.45) is 0 Å². The molecule has 196 valence electrons. The Morgan fingerprint density at radius 3 is 2.42 bits per heavy atom. The van der Waals surface area contributed by atoms with E-state index in [9.17, 15) is 24.0 Å². The van der Waals surface area contributed by atoms with Gasteiger partial charge in [-0.3, -0.25) is 29.4 Å². The van der Waals surface area contributed by atoms with E-state index < -0.39 is 29.7 Å². The second-order valence-electron chi connectivity index (χ2n) is 10.2. The normalized spacial score (nSPS) is 17.6. The van der Waals surface area contributed by atoms with Crippen LogP contribution in [0.1, 0.15) is 92.9 Å². The summed E-state index contributed by atoms with van der Waals surface area (Å²) in [7, 11) is 0. The van der Waals surface area contributed by atoms with Crippen molar-refractivity contribution in [3.8, 4) is 0 Å². The van der Waals surface area contributed by atoms with Crippen molar-refractivity contribution in [2.75, 3.05) is 18.5 Å². The van der Waals surface area contributed by atoms with Gasteiger partial charge in [-0.1, -0.05) is 31.7 Å². The summed E-state index contributed by atoms with van der Waals surface area (Å²) in [6.07, 6.45) is 5.63. The van der Waals surface area contributed by atoms with Crippen LogP contribution in [0.4, 0.5) is 10.5 Å². The van der Waals surface area contributed by atoms with E-state index in [1.165, 1.54) is 0 Å². The van der Waals surface area contributed by atoms with Gasteiger partial charge in [0.1, 0.15) is 6.04 Å². The van der Waals surface area contributed by atoms with Crippen LogP contribution in [0.25, 0.3) is 0 Å². The third-order valence-electron chi connectivity index (χ3n) is 6.06. The Kier molecular flexibility index (Phi) is 9.06. The number of fused-ring (bicyclic) bond motifs is 1. The molecule has 0 bridgehead atoms. The fraction of sp³-hybridized carbons (Fsp3) is 0.577. The zero-order valence-corrected chi connectivity index (χ0v) is 21.3. The molecule has 36 heavy (non-hydrogen) atoms. The maximum atomic E-state index is 13.1. The molecule has 0 aromatic heterocycles. The second-order valence-corrected chi connectivity index (χ2v) is 10.2. The van der Waals surface area contributed by atoms with Gasteiger partial charge in [0, 0.05) is 24.2 Å². The molecule has 3 rings (SSSR count). The van der Waals surface area contributed by atoms with Crippen LogP contribution in [0, 0.1) is 0 Å². The number of ether oxygens (including phenoxy) is 1. The fourth-order valence-corrected chi connectivity index (χ4v) is 4.33. The Morgan fingerprint density at radius 1 is 1.03 bits per heavy atom. The molecule has 0 saturated carbocycles. The third kappa shape index (κ3) is 7.05. The molecule has 5 amide bonds. The predicted molar refractivity (Wildman–Crippen MR) is 134 cm³/mol. The molecule has 1 aromatic carbocycles. The smallest absolute Gasteiger partial charge is 0.407 e. The number of imide groups is 2. The summed E-state index contributed by atoms with van der Waals surface area (Å²) >= 11 is 0. The van der Waals surface area contributed by atoms with E-state index in [2.05, 4.69) is 16.0 Å². The lowest BCUT2D eigenvalue weighted by Crippen LogP contribution is -2.54. The maximum Gasteiger partial charge on any atom is 0.407 e. The number of rotatable bonds is 11. The highest BCUT2D eigenvalue weighted by Crippen LogP contribution is 2.32. The molecule has 2 aliphatic heterocycles. The molecule has 1 aromatic rings. The monoisotopic (exact) mass is 500 g/mol. The summed E-state index contributed by atoms with van der Waals surface area (Å²) in [5.41, 5.74) is 0.822. The topological polar surface area (TPSA) is 134 Å². The largest absolute Gasteiger partial charge is 0.450 e. The molecule has 0 aliphatic carbocycles. The Labute approximate surface area is 211 Å². The number of alkyl carbamates (subject to hydrolysis) is 1. The highest BCUT2D eigenvalue weighted by atomic mass is 16.5. The molecule has 1 atom stereocenters. The van der Waals surface area contributed by atoms with Crippen LogP contribution in [-0.4, -0.2) is 59.4 Å². The van der Waals surface area contributed by atoms with Crippen LogP contribution in [0.3, 0.4) is 0 Å². The van der Waals surface area contributed by atoms with Crippen LogP contribution in [-0.2, 0) is 14.3 Å². The van der Waals surface area contributed by atoms with E-state index in [4.69, 9.17) is 4.74 Å². The van der Waals surface area contributed by atoms with Crippen LogP contribution in [0.5, 0.6) is 0 Å². The zero-order chi connectivity index (χ0) is 26.3. The lowest BCUT2D eigenvalue weighted by Gasteiger charge is -2.27. The zero-order valence-electron chi connectivity index (χ0n) is 21.3. The summed E-state index contributed by atoms with van der Waals surface area (Å²) in [5, 5.41) is 8.23. The van der Waals surface area contributed by atoms with Crippen molar-refractivity contribution in [3.63, 3.8) is 0 Å². The molecule has 1 saturated heterocycles. The molecule has 10 nitrogen and oxygen atoms in total. The van der Waals surface area contributed by atoms with Gasteiger partial charge in [0.15, 0.2) is 0 Å². The predicted octanol–water partition coefficient (Wildman–Crippen LogP) is 3.37. The average molecular weight is 501 g/mol. The van der Waals surface area contributed by atoms with Gasteiger partial charge in [-0.15, -0.1) is 0 Å². The van der Waals surface area contributed by atoms with Crippen molar-refractivity contribution in [1.82, 2.24) is 15.5 Å². The maximum absolute atomic E-state index is 13.1. The van der Waals surface area contributed by atoms with E-state index >= 15 is 0 Å². The van der Waals surface area contributed by atoms with Gasteiger partial charge in [0.2, 0.25) is 11.8 Å². The minimum atomic E-state index is -0.971. The molecule has 1 fully saturated rings. The number of hydrogen-bond acceptors (Lipinski definition) is 7. The van der Waals surface area contributed by atoms with Crippen LogP contribution < -0.4 is 16.0 Å². The first-order valence-corrected chi connectivity index (χ1v) is 12.6. The Morgan fingerprint density at radius 2 is 1.72 bits per heavy atom. The van der Waals surface area contributed by atoms with Gasteiger partial charge >= 0.3 is 6.09 Å². The first kappa shape index (κ1) is 27.2. The Hall–Kier alpha value is -3.43. The van der Waals surface area contributed by atoms with Crippen molar-refractivity contribution in [2.45, 2.75) is 83.7 Å². The quantitative estimate of drug-likeness (QED) is 0.313. The number of anilines is 1. The van der Waals surface area contributed by atoms with Crippen molar-refractivity contribution in [3.05, 3.63) is 29.3 Å². The molecule has 0 spiro atoms. The van der Waals surface area contributed by atoms with Crippen LogP contribution in [0.2, 0.25) is 0 Å². The number of amides is 5. The third-order valence-corrected chi connectivity index (χ3v) is 6.06. The van der Waals surface area contributed by atoms with Gasteiger partial charge in [0.05, 0.1) is 17.7 Å². The number of piperidine rings is 1. The van der Waals surface area contributed by atoms with E-state index in [0.29, 0.717) is 18.8 Å². The lowest BCUT2D eigenvalue weighted by atomic mass is 10.0. The number of nitrogens with one attached hydrogen (secondary N) is 3. The molecular weight excluding hydrogens is 464 g/mol. The average Bonchev–Trinajstić information content (AvgIpc) is 3.05. The van der Waals surface area contributed by atoms with Crippen molar-refractivity contribution < 1.29 is 28.7 Å². The van der Waals surface area contributed by atoms with Crippen molar-refractivity contribution >= 4 is 35.4 Å². The molecule has 3 N–H and O–H groups in total. The molecular formula is C26H36N4O6. The SMILES string of the molecule is CC(C)(C)NC(=O)OCCCCCCCCNc1cccc2c1C(=O)N(C1CCC(=O)NC1=O)C2=O. The molecule has 1 unspecified atom stereocenters. The first-order valence-electron chi connectivity index (χ1n) is 12.6. The summed E-state index contributed by atoms with van der Waals surface area (Å²) in [6, 6.07) is 4.09. The number of carbonyl (C=O) groups is 5. The lowest BCUT2D eigenvalue weighted by molar-refractivity contribution is -0.136.